The van der Waals surface area contributed by atoms with E-state index in [0.29, 0.717) is 12.1 Å². The van der Waals surface area contributed by atoms with Crippen molar-refractivity contribution in [2.45, 2.75) is 44.8 Å². The first kappa shape index (κ1) is 12.8. The largest absolute Gasteiger partial charge is 0.376 e. The minimum Gasteiger partial charge on any atom is -0.376 e. The van der Waals surface area contributed by atoms with Crippen molar-refractivity contribution in [3.05, 3.63) is 11.1 Å². The van der Waals surface area contributed by atoms with E-state index in [-0.39, 0.29) is 0 Å². The van der Waals surface area contributed by atoms with E-state index in [1.807, 2.05) is 12.3 Å². The molecule has 1 aromatic heterocycles. The van der Waals surface area contributed by atoms with Crippen LogP contribution in [-0.2, 0) is 4.74 Å². The Labute approximate surface area is 107 Å². The summed E-state index contributed by atoms with van der Waals surface area (Å²) in [6, 6.07) is 0.395. The summed E-state index contributed by atoms with van der Waals surface area (Å²) in [5.74, 6) is 0. The van der Waals surface area contributed by atoms with Gasteiger partial charge >= 0.3 is 0 Å². The van der Waals surface area contributed by atoms with Crippen LogP contribution in [-0.4, -0.2) is 30.3 Å². The Morgan fingerprint density at radius 1 is 1.47 bits per heavy atom. The van der Waals surface area contributed by atoms with Gasteiger partial charge in [0, 0.05) is 18.0 Å². The van der Waals surface area contributed by atoms with E-state index in [1.165, 1.54) is 0 Å². The van der Waals surface area contributed by atoms with Crippen molar-refractivity contribution in [3.8, 4) is 0 Å². The van der Waals surface area contributed by atoms with Crippen LogP contribution in [0.3, 0.4) is 0 Å². The molecule has 0 unspecified atom stereocenters. The molecule has 0 saturated heterocycles. The highest BCUT2D eigenvalue weighted by atomic mass is 32.1. The van der Waals surface area contributed by atoms with Crippen molar-refractivity contribution in [2.24, 2.45) is 5.73 Å². The van der Waals surface area contributed by atoms with Gasteiger partial charge < -0.3 is 15.8 Å². The highest BCUT2D eigenvalue weighted by Gasteiger charge is 2.18. The summed E-state index contributed by atoms with van der Waals surface area (Å²) in [6.45, 7) is 3.58. The Hall–Kier alpha value is -0.650. The molecule has 17 heavy (non-hydrogen) atoms. The van der Waals surface area contributed by atoms with Crippen LogP contribution in [0, 0.1) is 6.92 Å². The van der Waals surface area contributed by atoms with Gasteiger partial charge in [-0.2, -0.15) is 0 Å². The lowest BCUT2D eigenvalue weighted by Gasteiger charge is -2.26. The fraction of sp³-hybridized carbons (Fsp3) is 0.750. The number of thiazole rings is 1. The third-order valence-electron chi connectivity index (χ3n) is 3.07. The molecule has 5 heteroatoms. The summed E-state index contributed by atoms with van der Waals surface area (Å²) in [5, 5.41) is 6.30. The molecule has 1 aliphatic carbocycles. The molecule has 0 aromatic carbocycles. The summed E-state index contributed by atoms with van der Waals surface area (Å²) in [6.07, 6.45) is 4.83. The molecule has 1 fully saturated rings. The third-order valence-corrected chi connectivity index (χ3v) is 3.99. The number of hydrogen-bond donors (Lipinski definition) is 2. The number of aryl methyl sites for hydroxylation is 1. The fourth-order valence-electron chi connectivity index (χ4n) is 2.07. The van der Waals surface area contributed by atoms with Crippen LogP contribution < -0.4 is 11.1 Å². The molecule has 0 spiro atoms. The highest BCUT2D eigenvalue weighted by molar-refractivity contribution is 7.13. The van der Waals surface area contributed by atoms with Gasteiger partial charge in [0.2, 0.25) is 0 Å². The number of ether oxygens (including phenoxy) is 1. The zero-order chi connectivity index (χ0) is 12.1. The molecule has 0 amide bonds. The maximum atomic E-state index is 5.86. The number of rotatable bonds is 5. The van der Waals surface area contributed by atoms with E-state index >= 15 is 0 Å². The molecule has 1 saturated carbocycles. The van der Waals surface area contributed by atoms with Crippen LogP contribution in [0.5, 0.6) is 0 Å². The average molecular weight is 255 g/mol. The minimum atomic E-state index is 0.395. The maximum absolute atomic E-state index is 5.86. The first-order valence-corrected chi connectivity index (χ1v) is 7.15. The van der Waals surface area contributed by atoms with Gasteiger partial charge in [0.25, 0.3) is 0 Å². The predicted octanol–water partition coefficient (Wildman–Crippen LogP) is 2.15. The maximum Gasteiger partial charge on any atom is 0.182 e. The number of nitrogens with zero attached hydrogens (tertiary/aromatic N) is 1. The number of anilines is 1. The molecular formula is C12H21N3OS. The van der Waals surface area contributed by atoms with Crippen LogP contribution in [0.4, 0.5) is 5.13 Å². The molecular weight excluding hydrogens is 234 g/mol. The van der Waals surface area contributed by atoms with E-state index < -0.39 is 0 Å². The lowest BCUT2D eigenvalue weighted by molar-refractivity contribution is 0.0313. The van der Waals surface area contributed by atoms with Gasteiger partial charge in [-0.05, 0) is 32.6 Å². The lowest BCUT2D eigenvalue weighted by Crippen LogP contribution is -2.31. The molecule has 0 aliphatic heterocycles. The molecule has 2 rings (SSSR count). The topological polar surface area (TPSA) is 60.2 Å². The summed E-state index contributed by atoms with van der Waals surface area (Å²) in [4.78, 5) is 4.34. The second kappa shape index (κ2) is 6.33. The van der Waals surface area contributed by atoms with Crippen molar-refractivity contribution in [3.63, 3.8) is 0 Å². The quantitative estimate of drug-likeness (QED) is 0.791. The van der Waals surface area contributed by atoms with Crippen LogP contribution in [0.25, 0.3) is 0 Å². The first-order chi connectivity index (χ1) is 8.24. The van der Waals surface area contributed by atoms with Gasteiger partial charge in [-0.3, -0.25) is 0 Å². The Morgan fingerprint density at radius 2 is 2.24 bits per heavy atom. The molecule has 1 aliphatic rings. The third kappa shape index (κ3) is 4.26. The van der Waals surface area contributed by atoms with Crippen LogP contribution >= 0.6 is 11.3 Å². The minimum absolute atomic E-state index is 0.395. The molecule has 96 valence electrons. The monoisotopic (exact) mass is 255 g/mol. The standard InChI is InChI=1S/C12H21N3OS/c1-9-8-17-12(15-9)14-6-7-16-11-4-2-10(13)3-5-11/h8,10-11H,2-7,13H2,1H3,(H,14,15). The zero-order valence-electron chi connectivity index (χ0n) is 10.3. The van der Waals surface area contributed by atoms with Crippen molar-refractivity contribution >= 4 is 16.5 Å². The Kier molecular flexibility index (Phi) is 4.76. The van der Waals surface area contributed by atoms with Crippen molar-refractivity contribution in [1.82, 2.24) is 4.98 Å². The number of nitrogens with two attached hydrogens (primary N) is 1. The van der Waals surface area contributed by atoms with Crippen LogP contribution in [0.2, 0.25) is 0 Å². The average Bonchev–Trinajstić information content (AvgIpc) is 2.73. The van der Waals surface area contributed by atoms with Crippen molar-refractivity contribution in [2.75, 3.05) is 18.5 Å². The Morgan fingerprint density at radius 3 is 2.88 bits per heavy atom. The SMILES string of the molecule is Cc1csc(NCCOC2CCC(N)CC2)n1. The summed E-state index contributed by atoms with van der Waals surface area (Å²) >= 11 is 1.64. The van der Waals surface area contributed by atoms with Crippen molar-refractivity contribution < 1.29 is 4.74 Å². The van der Waals surface area contributed by atoms with E-state index in [0.717, 1.165) is 49.7 Å². The molecule has 1 heterocycles. The fourth-order valence-corrected chi connectivity index (χ4v) is 2.79. The van der Waals surface area contributed by atoms with Gasteiger partial charge in [-0.25, -0.2) is 4.98 Å². The number of nitrogens with one attached hydrogen (secondary N) is 1. The highest BCUT2D eigenvalue weighted by Crippen LogP contribution is 2.19. The summed E-state index contributed by atoms with van der Waals surface area (Å²) in [7, 11) is 0. The van der Waals surface area contributed by atoms with Crippen molar-refractivity contribution in [1.29, 1.82) is 0 Å². The van der Waals surface area contributed by atoms with E-state index in [1.54, 1.807) is 11.3 Å². The van der Waals surface area contributed by atoms with E-state index in [2.05, 4.69) is 10.3 Å². The molecule has 1 aromatic rings. The second-order valence-corrected chi connectivity index (χ2v) is 5.49. The van der Waals surface area contributed by atoms with Gasteiger partial charge in [-0.1, -0.05) is 0 Å². The van der Waals surface area contributed by atoms with E-state index in [9.17, 15) is 0 Å². The Balaban J connectivity index is 1.57. The number of hydrogen-bond acceptors (Lipinski definition) is 5. The molecule has 3 N–H and O–H groups in total. The summed E-state index contributed by atoms with van der Waals surface area (Å²) < 4.78 is 5.82. The normalized spacial score (nSPS) is 24.8. The lowest BCUT2D eigenvalue weighted by atomic mass is 9.94. The number of aromatic nitrogens is 1. The smallest absolute Gasteiger partial charge is 0.182 e. The van der Waals surface area contributed by atoms with Gasteiger partial charge in [0.1, 0.15) is 0 Å². The molecule has 4 nitrogen and oxygen atoms in total. The Bertz CT molecular complexity index is 334. The molecule has 0 radical (unpaired) electrons. The van der Waals surface area contributed by atoms with E-state index in [4.69, 9.17) is 10.5 Å². The first-order valence-electron chi connectivity index (χ1n) is 6.27. The molecule has 0 atom stereocenters. The zero-order valence-corrected chi connectivity index (χ0v) is 11.1. The van der Waals surface area contributed by atoms with Crippen LogP contribution in [0.15, 0.2) is 5.38 Å². The molecule has 0 bridgehead atoms. The second-order valence-electron chi connectivity index (χ2n) is 4.63. The van der Waals surface area contributed by atoms with Gasteiger partial charge in [-0.15, -0.1) is 11.3 Å². The summed E-state index contributed by atoms with van der Waals surface area (Å²) in [5.41, 5.74) is 6.92. The van der Waals surface area contributed by atoms with Crippen LogP contribution in [0.1, 0.15) is 31.4 Å². The predicted molar refractivity (Wildman–Crippen MR) is 71.5 cm³/mol. The van der Waals surface area contributed by atoms with Gasteiger partial charge in [0.05, 0.1) is 18.4 Å². The van der Waals surface area contributed by atoms with Gasteiger partial charge in [0.15, 0.2) is 5.13 Å².